The van der Waals surface area contributed by atoms with E-state index >= 15 is 0 Å². The van der Waals surface area contributed by atoms with Gasteiger partial charge in [0, 0.05) is 72.5 Å². The van der Waals surface area contributed by atoms with E-state index in [1.807, 2.05) is 13.2 Å². The summed E-state index contributed by atoms with van der Waals surface area (Å²) < 4.78 is 0. The molecule has 0 bridgehead atoms. The van der Waals surface area contributed by atoms with Gasteiger partial charge in [-0.3, -0.25) is 9.79 Å². The van der Waals surface area contributed by atoms with E-state index in [2.05, 4.69) is 54.5 Å². The first-order chi connectivity index (χ1) is 14.1. The lowest BCUT2D eigenvalue weighted by atomic mass is 9.93. The molecule has 0 aromatic carbocycles. The summed E-state index contributed by atoms with van der Waals surface area (Å²) in [6.07, 6.45) is 4.58. The van der Waals surface area contributed by atoms with E-state index in [4.69, 9.17) is 0 Å². The first kappa shape index (κ1) is 21.4. The normalized spacial score (nSPS) is 19.3. The molecule has 29 heavy (non-hydrogen) atoms. The zero-order valence-corrected chi connectivity index (χ0v) is 18.0. The highest BCUT2D eigenvalue weighted by Gasteiger charge is 2.23. The number of pyridine rings is 1. The second-order valence-electron chi connectivity index (χ2n) is 8.02. The van der Waals surface area contributed by atoms with Gasteiger partial charge in [-0.25, -0.2) is 4.98 Å². The number of aromatic nitrogens is 1. The van der Waals surface area contributed by atoms with Crippen molar-refractivity contribution in [2.75, 3.05) is 65.3 Å². The third-order valence-electron chi connectivity index (χ3n) is 5.97. The lowest BCUT2D eigenvalue weighted by Crippen LogP contribution is -2.46. The largest absolute Gasteiger partial charge is 0.359 e. The Bertz CT molecular complexity index is 692. The van der Waals surface area contributed by atoms with Crippen LogP contribution >= 0.6 is 0 Å². The van der Waals surface area contributed by atoms with Crippen molar-refractivity contribution in [1.29, 1.82) is 0 Å². The number of guanidine groups is 1. The third kappa shape index (κ3) is 6.06. The van der Waals surface area contributed by atoms with Gasteiger partial charge < -0.3 is 25.3 Å². The van der Waals surface area contributed by atoms with Crippen molar-refractivity contribution in [2.45, 2.75) is 25.8 Å². The summed E-state index contributed by atoms with van der Waals surface area (Å²) in [5.74, 6) is 2.60. The van der Waals surface area contributed by atoms with Gasteiger partial charge in [-0.05, 0) is 43.5 Å². The van der Waals surface area contributed by atoms with Crippen LogP contribution in [0, 0.1) is 5.92 Å². The highest BCUT2D eigenvalue weighted by Crippen LogP contribution is 2.20. The summed E-state index contributed by atoms with van der Waals surface area (Å²) in [6.45, 7) is 6.79. The molecular formula is C21H35N7O. The lowest BCUT2D eigenvalue weighted by Gasteiger charge is -2.34. The fourth-order valence-electron chi connectivity index (χ4n) is 4.01. The van der Waals surface area contributed by atoms with E-state index in [-0.39, 0.29) is 5.91 Å². The molecule has 0 radical (unpaired) electrons. The number of aliphatic imine (C=N–C) groups is 1. The van der Waals surface area contributed by atoms with Gasteiger partial charge in [0.1, 0.15) is 5.82 Å². The molecule has 0 atom stereocenters. The van der Waals surface area contributed by atoms with Gasteiger partial charge in [0.25, 0.3) is 0 Å². The number of nitrogens with one attached hydrogen (secondary N) is 2. The summed E-state index contributed by atoms with van der Waals surface area (Å²) in [5.41, 5.74) is 1.21. The molecule has 0 unspecified atom stereocenters. The molecule has 0 saturated carbocycles. The average Bonchev–Trinajstić information content (AvgIpc) is 2.76. The molecule has 0 aliphatic carbocycles. The van der Waals surface area contributed by atoms with Crippen LogP contribution in [-0.2, 0) is 11.3 Å². The van der Waals surface area contributed by atoms with E-state index in [1.54, 1.807) is 7.05 Å². The molecule has 2 saturated heterocycles. The Morgan fingerprint density at radius 2 is 1.93 bits per heavy atom. The number of hydrogen-bond acceptors (Lipinski definition) is 5. The van der Waals surface area contributed by atoms with Crippen LogP contribution in [0.1, 0.15) is 24.8 Å². The van der Waals surface area contributed by atoms with Crippen LogP contribution in [0.5, 0.6) is 0 Å². The molecule has 1 aromatic rings. The number of carbonyl (C=O) groups excluding carboxylic acids is 1. The Morgan fingerprint density at radius 1 is 1.21 bits per heavy atom. The van der Waals surface area contributed by atoms with Crippen molar-refractivity contribution in [3.8, 4) is 0 Å². The number of likely N-dealkylation sites (tertiary alicyclic amines) is 1. The second-order valence-corrected chi connectivity index (χ2v) is 8.02. The summed E-state index contributed by atoms with van der Waals surface area (Å²) in [5, 5.41) is 6.23. The van der Waals surface area contributed by atoms with Gasteiger partial charge in [0.2, 0.25) is 5.91 Å². The maximum absolute atomic E-state index is 11.6. The van der Waals surface area contributed by atoms with E-state index in [9.17, 15) is 4.79 Å². The molecule has 8 heteroatoms. The van der Waals surface area contributed by atoms with Gasteiger partial charge >= 0.3 is 0 Å². The highest BCUT2D eigenvalue weighted by molar-refractivity contribution is 5.80. The highest BCUT2D eigenvalue weighted by atomic mass is 16.1. The van der Waals surface area contributed by atoms with E-state index in [0.717, 1.165) is 70.4 Å². The predicted octanol–water partition coefficient (Wildman–Crippen LogP) is 0.757. The molecular weight excluding hydrogens is 366 g/mol. The van der Waals surface area contributed by atoms with Gasteiger partial charge in [-0.1, -0.05) is 0 Å². The molecule has 0 spiro atoms. The monoisotopic (exact) mass is 401 g/mol. The molecule has 2 aliphatic heterocycles. The maximum atomic E-state index is 11.6. The van der Waals surface area contributed by atoms with E-state index in [1.165, 1.54) is 5.56 Å². The number of rotatable bonds is 5. The Kier molecular flexibility index (Phi) is 7.69. The van der Waals surface area contributed by atoms with Crippen LogP contribution in [0.15, 0.2) is 23.3 Å². The minimum Gasteiger partial charge on any atom is -0.359 e. The third-order valence-corrected chi connectivity index (χ3v) is 5.97. The second kappa shape index (κ2) is 10.4. The van der Waals surface area contributed by atoms with E-state index < -0.39 is 0 Å². The molecule has 2 N–H and O–H groups in total. The van der Waals surface area contributed by atoms with Crippen molar-refractivity contribution in [3.63, 3.8) is 0 Å². The van der Waals surface area contributed by atoms with Crippen LogP contribution in [-0.4, -0.2) is 87.1 Å². The first-order valence-corrected chi connectivity index (χ1v) is 10.6. The molecule has 8 nitrogen and oxygen atoms in total. The van der Waals surface area contributed by atoms with Crippen molar-refractivity contribution in [2.24, 2.45) is 10.9 Å². The summed E-state index contributed by atoms with van der Waals surface area (Å²) in [4.78, 5) is 27.6. The number of anilines is 1. The van der Waals surface area contributed by atoms with Crippen LogP contribution < -0.4 is 15.5 Å². The van der Waals surface area contributed by atoms with Gasteiger partial charge in [-0.15, -0.1) is 0 Å². The van der Waals surface area contributed by atoms with Crippen molar-refractivity contribution >= 4 is 17.7 Å². The molecule has 2 fully saturated rings. The zero-order chi connectivity index (χ0) is 20.6. The van der Waals surface area contributed by atoms with E-state index in [0.29, 0.717) is 12.3 Å². The fourth-order valence-corrected chi connectivity index (χ4v) is 4.01. The topological polar surface area (TPSA) is 76.1 Å². The van der Waals surface area contributed by atoms with Crippen molar-refractivity contribution in [3.05, 3.63) is 23.9 Å². The lowest BCUT2D eigenvalue weighted by molar-refractivity contribution is -0.121. The summed E-state index contributed by atoms with van der Waals surface area (Å²) >= 11 is 0. The number of piperazine rings is 1. The Balaban J connectivity index is 1.50. The van der Waals surface area contributed by atoms with Gasteiger partial charge in [0.05, 0.1) is 0 Å². The average molecular weight is 402 g/mol. The number of amides is 1. The fraction of sp³-hybridized carbons (Fsp3) is 0.667. The Morgan fingerprint density at radius 3 is 2.59 bits per heavy atom. The first-order valence-electron chi connectivity index (χ1n) is 10.6. The molecule has 3 rings (SSSR count). The van der Waals surface area contributed by atoms with Gasteiger partial charge in [0.15, 0.2) is 5.96 Å². The smallest absolute Gasteiger partial charge is 0.220 e. The minimum atomic E-state index is 0.139. The van der Waals surface area contributed by atoms with Crippen LogP contribution in [0.25, 0.3) is 0 Å². The SMILES string of the molecule is CN=C(NCc1ccnc(N2CCN(C)CC2)c1)N1CCC(CC(=O)NC)CC1. The number of likely N-dealkylation sites (N-methyl/N-ethyl adjacent to an activating group) is 1. The van der Waals surface area contributed by atoms with Crippen molar-refractivity contribution in [1.82, 2.24) is 25.4 Å². The Hall–Kier alpha value is -2.35. The van der Waals surface area contributed by atoms with Crippen LogP contribution in [0.3, 0.4) is 0 Å². The summed E-state index contributed by atoms with van der Waals surface area (Å²) in [7, 11) is 5.71. The molecule has 3 heterocycles. The Labute approximate surface area is 174 Å². The standard InChI is InChI=1S/C21H35N7O/c1-22-20(29)15-17-5-8-28(9-6-17)21(23-2)25-16-18-4-7-24-19(14-18)27-12-10-26(3)11-13-27/h4,7,14,17H,5-6,8-13,15-16H2,1-3H3,(H,22,29)(H,23,25). The molecule has 160 valence electrons. The predicted molar refractivity (Wildman–Crippen MR) is 117 cm³/mol. The summed E-state index contributed by atoms with van der Waals surface area (Å²) in [6, 6.07) is 4.25. The molecule has 1 amide bonds. The number of piperidine rings is 1. The quantitative estimate of drug-likeness (QED) is 0.560. The molecule has 1 aromatic heterocycles. The number of nitrogens with zero attached hydrogens (tertiary/aromatic N) is 5. The number of hydrogen-bond donors (Lipinski definition) is 2. The van der Waals surface area contributed by atoms with Crippen LogP contribution in [0.4, 0.5) is 5.82 Å². The zero-order valence-electron chi connectivity index (χ0n) is 18.0. The van der Waals surface area contributed by atoms with Crippen LogP contribution in [0.2, 0.25) is 0 Å². The number of carbonyl (C=O) groups is 1. The van der Waals surface area contributed by atoms with Crippen molar-refractivity contribution < 1.29 is 4.79 Å². The molecule has 2 aliphatic rings. The minimum absolute atomic E-state index is 0.139. The van der Waals surface area contributed by atoms with Gasteiger partial charge in [-0.2, -0.15) is 0 Å². The maximum Gasteiger partial charge on any atom is 0.220 e.